The van der Waals surface area contributed by atoms with Gasteiger partial charge in [0, 0.05) is 11.6 Å². The Morgan fingerprint density at radius 3 is 3.07 bits per heavy atom. The molecule has 3 N–H and O–H groups in total. The van der Waals surface area contributed by atoms with Crippen LogP contribution < -0.4 is 10.5 Å². The van der Waals surface area contributed by atoms with Gasteiger partial charge in [0.25, 0.3) is 0 Å². The number of hydrogen-bond acceptors (Lipinski definition) is 3. The van der Waals surface area contributed by atoms with Gasteiger partial charge in [0.1, 0.15) is 5.75 Å². The first-order valence-electron chi connectivity index (χ1n) is 4.55. The minimum absolute atomic E-state index is 0.245. The van der Waals surface area contributed by atoms with E-state index in [-0.39, 0.29) is 6.04 Å². The summed E-state index contributed by atoms with van der Waals surface area (Å²) in [7, 11) is 0. The quantitative estimate of drug-likeness (QED) is 0.743. The number of fused-ring (bicyclic) bond motifs is 1. The zero-order valence-electron chi connectivity index (χ0n) is 7.61. The first-order valence-corrected chi connectivity index (χ1v) is 5.34. The van der Waals surface area contributed by atoms with Crippen LogP contribution in [0, 0.1) is 0 Å². The summed E-state index contributed by atoms with van der Waals surface area (Å²) in [5, 5.41) is 9.91. The molecule has 0 fully saturated rings. The largest absolute Gasteiger partial charge is 0.492 e. The number of rotatable bonds is 0. The molecule has 0 radical (unpaired) electrons. The van der Waals surface area contributed by atoms with Crippen LogP contribution in [0.4, 0.5) is 0 Å². The summed E-state index contributed by atoms with van der Waals surface area (Å²) < 4.78 is 6.40. The molecule has 76 valence electrons. The summed E-state index contributed by atoms with van der Waals surface area (Å²) in [5.74, 6) is 0.716. The van der Waals surface area contributed by atoms with Crippen molar-refractivity contribution >= 4 is 15.9 Å². The van der Waals surface area contributed by atoms with E-state index in [0.29, 0.717) is 18.8 Å². The van der Waals surface area contributed by atoms with E-state index < -0.39 is 6.10 Å². The molecule has 0 spiro atoms. The van der Waals surface area contributed by atoms with Crippen molar-refractivity contribution in [3.63, 3.8) is 0 Å². The highest BCUT2D eigenvalue weighted by atomic mass is 79.9. The predicted octanol–water partition coefficient (Wildman–Crippen LogP) is 1.59. The van der Waals surface area contributed by atoms with Crippen molar-refractivity contribution in [1.29, 1.82) is 0 Å². The van der Waals surface area contributed by atoms with Crippen LogP contribution >= 0.6 is 15.9 Å². The molecule has 0 aliphatic carbocycles. The Morgan fingerprint density at radius 2 is 2.29 bits per heavy atom. The number of nitrogens with two attached hydrogens (primary N) is 1. The smallest absolute Gasteiger partial charge is 0.139 e. The molecule has 1 aliphatic heterocycles. The Hall–Kier alpha value is -0.580. The minimum Gasteiger partial charge on any atom is -0.492 e. The van der Waals surface area contributed by atoms with Gasteiger partial charge >= 0.3 is 0 Å². The monoisotopic (exact) mass is 257 g/mol. The normalized spacial score (nSPS) is 26.2. The highest BCUT2D eigenvalue weighted by Crippen LogP contribution is 2.36. The second-order valence-corrected chi connectivity index (χ2v) is 4.26. The Kier molecular flexibility index (Phi) is 2.76. The highest BCUT2D eigenvalue weighted by Gasteiger charge is 2.25. The fourth-order valence-corrected chi connectivity index (χ4v) is 2.09. The highest BCUT2D eigenvalue weighted by molar-refractivity contribution is 9.10. The topological polar surface area (TPSA) is 55.5 Å². The number of para-hydroxylation sites is 1. The van der Waals surface area contributed by atoms with Crippen LogP contribution in [0.5, 0.6) is 5.75 Å². The SMILES string of the molecule is NC1CCOc2c(Br)cccc2C1O. The summed E-state index contributed by atoms with van der Waals surface area (Å²) in [6, 6.07) is 5.36. The van der Waals surface area contributed by atoms with Crippen LogP contribution in [0.25, 0.3) is 0 Å². The molecule has 0 saturated carbocycles. The van der Waals surface area contributed by atoms with Gasteiger partial charge in [-0.3, -0.25) is 0 Å². The van der Waals surface area contributed by atoms with Crippen molar-refractivity contribution in [2.45, 2.75) is 18.6 Å². The number of halogens is 1. The summed E-state index contributed by atoms with van der Waals surface area (Å²) in [6.45, 7) is 0.549. The van der Waals surface area contributed by atoms with E-state index in [0.717, 1.165) is 10.0 Å². The molecule has 1 aromatic carbocycles. The fraction of sp³-hybridized carbons (Fsp3) is 0.400. The maximum absolute atomic E-state index is 9.91. The lowest BCUT2D eigenvalue weighted by molar-refractivity contribution is 0.145. The molecule has 1 aliphatic rings. The van der Waals surface area contributed by atoms with Gasteiger partial charge in [-0.05, 0) is 28.4 Å². The number of aliphatic hydroxyl groups is 1. The zero-order valence-corrected chi connectivity index (χ0v) is 9.20. The van der Waals surface area contributed by atoms with Crippen LogP contribution in [0.1, 0.15) is 18.1 Å². The molecule has 14 heavy (non-hydrogen) atoms. The average Bonchev–Trinajstić information content (AvgIpc) is 2.31. The Bertz CT molecular complexity index is 343. The van der Waals surface area contributed by atoms with Gasteiger partial charge < -0.3 is 15.6 Å². The second kappa shape index (κ2) is 3.88. The van der Waals surface area contributed by atoms with Gasteiger partial charge in [0.2, 0.25) is 0 Å². The van der Waals surface area contributed by atoms with Crippen molar-refractivity contribution in [2.75, 3.05) is 6.61 Å². The summed E-state index contributed by atoms with van der Waals surface area (Å²) in [4.78, 5) is 0. The van der Waals surface area contributed by atoms with Crippen molar-refractivity contribution < 1.29 is 9.84 Å². The lowest BCUT2D eigenvalue weighted by Crippen LogP contribution is -2.28. The lowest BCUT2D eigenvalue weighted by Gasteiger charge is -2.16. The molecular formula is C10H12BrNO2. The van der Waals surface area contributed by atoms with Crippen LogP contribution in [-0.4, -0.2) is 17.8 Å². The number of ether oxygens (including phenoxy) is 1. The van der Waals surface area contributed by atoms with Crippen LogP contribution in [0.2, 0.25) is 0 Å². The molecule has 0 aromatic heterocycles. The summed E-state index contributed by atoms with van der Waals surface area (Å²) in [5.41, 5.74) is 6.57. The third-order valence-electron chi connectivity index (χ3n) is 2.42. The second-order valence-electron chi connectivity index (χ2n) is 3.40. The Morgan fingerprint density at radius 1 is 1.50 bits per heavy atom. The van der Waals surface area contributed by atoms with E-state index in [1.807, 2.05) is 18.2 Å². The van der Waals surface area contributed by atoms with Crippen LogP contribution in [0.15, 0.2) is 22.7 Å². The minimum atomic E-state index is -0.634. The Labute approximate surface area is 91.0 Å². The van der Waals surface area contributed by atoms with Crippen molar-refractivity contribution in [2.24, 2.45) is 5.73 Å². The maximum atomic E-state index is 9.91. The van der Waals surface area contributed by atoms with Crippen molar-refractivity contribution in [3.05, 3.63) is 28.2 Å². The molecule has 2 rings (SSSR count). The van der Waals surface area contributed by atoms with Crippen LogP contribution in [-0.2, 0) is 0 Å². The van der Waals surface area contributed by atoms with E-state index >= 15 is 0 Å². The molecule has 1 heterocycles. The molecule has 1 aromatic rings. The van der Waals surface area contributed by atoms with Crippen molar-refractivity contribution in [1.82, 2.24) is 0 Å². The molecule has 3 nitrogen and oxygen atoms in total. The maximum Gasteiger partial charge on any atom is 0.139 e. The van der Waals surface area contributed by atoms with E-state index in [1.165, 1.54) is 0 Å². The van der Waals surface area contributed by atoms with Gasteiger partial charge in [0.05, 0.1) is 17.2 Å². The summed E-state index contributed by atoms with van der Waals surface area (Å²) in [6.07, 6.45) is 0.0347. The molecule has 4 heteroatoms. The van der Waals surface area contributed by atoms with Gasteiger partial charge in [0.15, 0.2) is 0 Å². The number of hydrogen-bond donors (Lipinski definition) is 2. The predicted molar refractivity (Wildman–Crippen MR) is 57.2 cm³/mol. The first-order chi connectivity index (χ1) is 6.70. The molecule has 0 amide bonds. The molecular weight excluding hydrogens is 246 g/mol. The van der Waals surface area contributed by atoms with E-state index in [4.69, 9.17) is 10.5 Å². The van der Waals surface area contributed by atoms with E-state index in [2.05, 4.69) is 15.9 Å². The van der Waals surface area contributed by atoms with E-state index in [1.54, 1.807) is 0 Å². The zero-order chi connectivity index (χ0) is 10.1. The standard InChI is InChI=1S/C10H12BrNO2/c11-7-3-1-2-6-9(13)8(12)4-5-14-10(6)7/h1-3,8-9,13H,4-5,12H2. The van der Waals surface area contributed by atoms with Gasteiger partial charge in [-0.2, -0.15) is 0 Å². The average molecular weight is 258 g/mol. The summed E-state index contributed by atoms with van der Waals surface area (Å²) >= 11 is 3.39. The van der Waals surface area contributed by atoms with Gasteiger partial charge in [-0.1, -0.05) is 12.1 Å². The first kappa shape index (κ1) is 9.96. The third kappa shape index (κ3) is 1.65. The lowest BCUT2D eigenvalue weighted by atomic mass is 10.0. The van der Waals surface area contributed by atoms with Gasteiger partial charge in [-0.15, -0.1) is 0 Å². The fourth-order valence-electron chi connectivity index (χ4n) is 1.60. The third-order valence-corrected chi connectivity index (χ3v) is 3.04. The van der Waals surface area contributed by atoms with Crippen LogP contribution in [0.3, 0.4) is 0 Å². The van der Waals surface area contributed by atoms with Gasteiger partial charge in [-0.25, -0.2) is 0 Å². The van der Waals surface area contributed by atoms with Crippen molar-refractivity contribution in [3.8, 4) is 5.75 Å². The van der Waals surface area contributed by atoms with E-state index in [9.17, 15) is 5.11 Å². The molecule has 2 unspecified atom stereocenters. The number of aliphatic hydroxyl groups excluding tert-OH is 1. The molecule has 2 atom stereocenters. The number of benzene rings is 1. The molecule has 0 bridgehead atoms. The molecule has 0 saturated heterocycles. The Balaban J connectivity index is 2.48.